The highest BCUT2D eigenvalue weighted by atomic mass is 32.2. The van der Waals surface area contributed by atoms with Gasteiger partial charge >= 0.3 is 0 Å². The Hall–Kier alpha value is -2.45. The van der Waals surface area contributed by atoms with Gasteiger partial charge in [-0.1, -0.05) is 12.1 Å². The van der Waals surface area contributed by atoms with Crippen molar-refractivity contribution >= 4 is 21.6 Å². The third-order valence-electron chi connectivity index (χ3n) is 3.93. The number of aromatic nitrogens is 1. The molecule has 7 nitrogen and oxygen atoms in total. The molecule has 3 N–H and O–H groups in total. The first kappa shape index (κ1) is 19.9. The van der Waals surface area contributed by atoms with Crippen LogP contribution in [0.1, 0.15) is 17.5 Å². The molecule has 1 heterocycles. The summed E-state index contributed by atoms with van der Waals surface area (Å²) in [6.07, 6.45) is 4.42. The Morgan fingerprint density at radius 3 is 2.50 bits per heavy atom. The van der Waals surface area contributed by atoms with Gasteiger partial charge in [-0.25, -0.2) is 13.1 Å². The molecule has 140 valence electrons. The molecule has 0 fully saturated rings. The van der Waals surface area contributed by atoms with Crippen molar-refractivity contribution < 1.29 is 13.2 Å². The van der Waals surface area contributed by atoms with Crippen LogP contribution in [0.3, 0.4) is 0 Å². The summed E-state index contributed by atoms with van der Waals surface area (Å²) in [6.45, 7) is 3.13. The highest BCUT2D eigenvalue weighted by Crippen LogP contribution is 2.12. The first-order chi connectivity index (χ1) is 12.4. The lowest BCUT2D eigenvalue weighted by atomic mass is 10.1. The lowest BCUT2D eigenvalue weighted by Gasteiger charge is -2.10. The standard InChI is InChI=1S/C18H24N4O3S/c1-14-13-20-10-9-17(14)21-11-12-22-18(23)8-5-15-3-6-16(7-4-15)26(24,25)19-2/h3-4,6-7,9-10,13,19H,5,8,11-12H2,1-2H3,(H,20,21)(H,22,23). The van der Waals surface area contributed by atoms with Crippen molar-refractivity contribution in [2.75, 3.05) is 25.5 Å². The van der Waals surface area contributed by atoms with E-state index in [1.165, 1.54) is 7.05 Å². The molecule has 0 aliphatic carbocycles. The van der Waals surface area contributed by atoms with E-state index in [4.69, 9.17) is 0 Å². The molecule has 0 unspecified atom stereocenters. The summed E-state index contributed by atoms with van der Waals surface area (Å²) in [7, 11) is -2.05. The van der Waals surface area contributed by atoms with Crippen molar-refractivity contribution in [3.63, 3.8) is 0 Å². The molecule has 2 rings (SSSR count). The van der Waals surface area contributed by atoms with Crippen molar-refractivity contribution in [3.05, 3.63) is 53.9 Å². The van der Waals surface area contributed by atoms with Crippen LogP contribution in [-0.2, 0) is 21.2 Å². The maximum absolute atomic E-state index is 11.9. The van der Waals surface area contributed by atoms with Crippen molar-refractivity contribution in [3.8, 4) is 0 Å². The number of pyridine rings is 1. The number of anilines is 1. The Labute approximate surface area is 154 Å². The minimum absolute atomic E-state index is 0.0369. The molecule has 0 saturated carbocycles. The molecule has 0 bridgehead atoms. The molecular formula is C18H24N4O3S. The van der Waals surface area contributed by atoms with Crippen LogP contribution in [0, 0.1) is 6.92 Å². The predicted octanol–water partition coefficient (Wildman–Crippen LogP) is 1.46. The van der Waals surface area contributed by atoms with Gasteiger partial charge in [-0.3, -0.25) is 9.78 Å². The number of nitrogens with zero attached hydrogens (tertiary/aromatic N) is 1. The molecule has 0 atom stereocenters. The number of sulfonamides is 1. The van der Waals surface area contributed by atoms with E-state index >= 15 is 0 Å². The summed E-state index contributed by atoms with van der Waals surface area (Å²) >= 11 is 0. The summed E-state index contributed by atoms with van der Waals surface area (Å²) in [5.74, 6) is -0.0369. The van der Waals surface area contributed by atoms with Crippen molar-refractivity contribution in [2.24, 2.45) is 0 Å². The summed E-state index contributed by atoms with van der Waals surface area (Å²) < 4.78 is 25.6. The lowest BCUT2D eigenvalue weighted by molar-refractivity contribution is -0.120. The molecule has 8 heteroatoms. The molecule has 0 aliphatic heterocycles. The smallest absolute Gasteiger partial charge is 0.240 e. The molecule has 0 aliphatic rings. The zero-order valence-electron chi connectivity index (χ0n) is 15.0. The maximum atomic E-state index is 11.9. The first-order valence-electron chi connectivity index (χ1n) is 8.36. The fourth-order valence-electron chi connectivity index (χ4n) is 2.37. The number of carbonyl (C=O) groups is 1. The van der Waals surface area contributed by atoms with Crippen LogP contribution in [0.4, 0.5) is 5.69 Å². The number of carbonyl (C=O) groups excluding carboxylic acids is 1. The molecule has 0 radical (unpaired) electrons. The number of amides is 1. The van der Waals surface area contributed by atoms with Crippen LogP contribution >= 0.6 is 0 Å². The zero-order valence-corrected chi connectivity index (χ0v) is 15.8. The molecule has 2 aromatic rings. The van der Waals surface area contributed by atoms with Crippen molar-refractivity contribution in [1.29, 1.82) is 0 Å². The summed E-state index contributed by atoms with van der Waals surface area (Å²) in [4.78, 5) is 16.2. The van der Waals surface area contributed by atoms with Crippen LogP contribution in [0.2, 0.25) is 0 Å². The number of nitrogens with one attached hydrogen (secondary N) is 3. The molecule has 1 aromatic carbocycles. The lowest BCUT2D eigenvalue weighted by Crippen LogP contribution is -2.29. The molecule has 0 spiro atoms. The maximum Gasteiger partial charge on any atom is 0.240 e. The van der Waals surface area contributed by atoms with Crippen LogP contribution in [0.15, 0.2) is 47.6 Å². The van der Waals surface area contributed by atoms with Gasteiger partial charge in [-0.05, 0) is 49.7 Å². The van der Waals surface area contributed by atoms with Crippen LogP contribution < -0.4 is 15.4 Å². The van der Waals surface area contributed by atoms with Gasteiger partial charge in [0.25, 0.3) is 0 Å². The third-order valence-corrected chi connectivity index (χ3v) is 5.36. The minimum atomic E-state index is -3.43. The van der Waals surface area contributed by atoms with Crippen LogP contribution in [0.5, 0.6) is 0 Å². The molecule has 1 amide bonds. The van der Waals surface area contributed by atoms with E-state index in [1.54, 1.807) is 36.7 Å². The quantitative estimate of drug-likeness (QED) is 0.575. The van der Waals surface area contributed by atoms with E-state index in [9.17, 15) is 13.2 Å². The highest BCUT2D eigenvalue weighted by Gasteiger charge is 2.10. The van der Waals surface area contributed by atoms with Gasteiger partial charge < -0.3 is 10.6 Å². The average molecular weight is 376 g/mol. The van der Waals surface area contributed by atoms with Gasteiger partial charge in [0, 0.05) is 37.6 Å². The zero-order chi connectivity index (χ0) is 19.0. The van der Waals surface area contributed by atoms with Gasteiger partial charge in [0.05, 0.1) is 4.90 Å². The fraction of sp³-hybridized carbons (Fsp3) is 0.333. The Bertz CT molecular complexity index is 836. The summed E-state index contributed by atoms with van der Waals surface area (Å²) in [6, 6.07) is 8.44. The number of aryl methyl sites for hydroxylation is 2. The Kier molecular flexibility index (Phi) is 7.11. The molecular weight excluding hydrogens is 352 g/mol. The Balaban J connectivity index is 1.71. The van der Waals surface area contributed by atoms with Crippen molar-refractivity contribution in [1.82, 2.24) is 15.0 Å². The third kappa shape index (κ3) is 5.82. The first-order valence-corrected chi connectivity index (χ1v) is 9.84. The Morgan fingerprint density at radius 1 is 1.12 bits per heavy atom. The van der Waals surface area contributed by atoms with Gasteiger partial charge in [-0.15, -0.1) is 0 Å². The molecule has 0 saturated heterocycles. The topological polar surface area (TPSA) is 100 Å². The van der Waals surface area contributed by atoms with Gasteiger partial charge in [0.2, 0.25) is 15.9 Å². The van der Waals surface area contributed by atoms with Crippen molar-refractivity contribution in [2.45, 2.75) is 24.7 Å². The average Bonchev–Trinajstić information content (AvgIpc) is 2.65. The second-order valence-electron chi connectivity index (χ2n) is 5.82. The number of benzene rings is 1. The van der Waals surface area contributed by atoms with E-state index in [1.807, 2.05) is 13.0 Å². The van der Waals surface area contributed by atoms with Gasteiger partial charge in [0.1, 0.15) is 0 Å². The SMILES string of the molecule is CNS(=O)(=O)c1ccc(CCC(=O)NCCNc2ccncc2C)cc1. The van der Waals surface area contributed by atoms with Crippen LogP contribution in [0.25, 0.3) is 0 Å². The van der Waals surface area contributed by atoms with E-state index in [0.717, 1.165) is 16.8 Å². The normalized spacial score (nSPS) is 11.2. The number of hydrogen-bond donors (Lipinski definition) is 3. The van der Waals surface area contributed by atoms with E-state index < -0.39 is 10.0 Å². The monoisotopic (exact) mass is 376 g/mol. The molecule has 26 heavy (non-hydrogen) atoms. The fourth-order valence-corrected chi connectivity index (χ4v) is 3.10. The van der Waals surface area contributed by atoms with E-state index in [2.05, 4.69) is 20.3 Å². The second kappa shape index (κ2) is 9.30. The van der Waals surface area contributed by atoms with Gasteiger partial charge in [0.15, 0.2) is 0 Å². The largest absolute Gasteiger partial charge is 0.383 e. The Morgan fingerprint density at radius 2 is 1.85 bits per heavy atom. The van der Waals surface area contributed by atoms with E-state index in [0.29, 0.717) is 25.9 Å². The number of hydrogen-bond acceptors (Lipinski definition) is 5. The van der Waals surface area contributed by atoms with Gasteiger partial charge in [-0.2, -0.15) is 0 Å². The minimum Gasteiger partial charge on any atom is -0.383 e. The summed E-state index contributed by atoms with van der Waals surface area (Å²) in [5, 5.41) is 6.11. The van der Waals surface area contributed by atoms with Crippen LogP contribution in [-0.4, -0.2) is 39.4 Å². The second-order valence-corrected chi connectivity index (χ2v) is 7.71. The van der Waals surface area contributed by atoms with E-state index in [-0.39, 0.29) is 10.8 Å². The number of rotatable bonds is 9. The summed E-state index contributed by atoms with van der Waals surface area (Å²) in [5.41, 5.74) is 2.98. The predicted molar refractivity (Wildman–Crippen MR) is 101 cm³/mol. The highest BCUT2D eigenvalue weighted by molar-refractivity contribution is 7.89. The molecule has 1 aromatic heterocycles.